The zero-order valence-corrected chi connectivity index (χ0v) is 17.5. The molecule has 5 heteroatoms. The van der Waals surface area contributed by atoms with Gasteiger partial charge in [-0.25, -0.2) is 0 Å². The molecule has 3 atom stereocenters. The molecule has 5 nitrogen and oxygen atoms in total. The second kappa shape index (κ2) is 8.82. The summed E-state index contributed by atoms with van der Waals surface area (Å²) < 4.78 is 11.1. The van der Waals surface area contributed by atoms with Crippen LogP contribution in [0, 0.1) is 11.8 Å². The molecule has 2 bridgehead atoms. The molecular weight excluding hydrogens is 364 g/mol. The molecule has 4 rings (SSSR count). The van der Waals surface area contributed by atoms with Gasteiger partial charge in [0.05, 0.1) is 19.4 Å². The molecule has 1 aliphatic carbocycles. The lowest BCUT2D eigenvalue weighted by Gasteiger charge is -2.52. The second-order valence-corrected chi connectivity index (χ2v) is 8.34. The van der Waals surface area contributed by atoms with Crippen molar-refractivity contribution in [3.05, 3.63) is 59.4 Å². The van der Waals surface area contributed by atoms with Crippen LogP contribution < -0.4 is 4.74 Å². The predicted molar refractivity (Wildman–Crippen MR) is 113 cm³/mol. The average Bonchev–Trinajstić information content (AvgIpc) is 2.74. The van der Waals surface area contributed by atoms with Crippen LogP contribution in [0.1, 0.15) is 43.0 Å². The van der Waals surface area contributed by atoms with Crippen LogP contribution >= 0.6 is 0 Å². The summed E-state index contributed by atoms with van der Waals surface area (Å²) in [4.78, 5) is 7.03. The van der Waals surface area contributed by atoms with Crippen molar-refractivity contribution in [1.29, 1.82) is 0 Å². The first-order valence-electron chi connectivity index (χ1n) is 10.7. The van der Waals surface area contributed by atoms with Crippen LogP contribution in [0.5, 0.6) is 5.75 Å². The highest BCUT2D eigenvalue weighted by Gasteiger charge is 2.52. The van der Waals surface area contributed by atoms with E-state index in [9.17, 15) is 5.11 Å². The monoisotopic (exact) mass is 396 g/mol. The Labute approximate surface area is 173 Å². The molecule has 1 aromatic carbocycles. The van der Waals surface area contributed by atoms with Gasteiger partial charge in [0.2, 0.25) is 0 Å². The van der Waals surface area contributed by atoms with E-state index in [1.807, 2.05) is 31.2 Å². The average molecular weight is 397 g/mol. The summed E-state index contributed by atoms with van der Waals surface area (Å²) in [6, 6.07) is 12.3. The minimum Gasteiger partial charge on any atom is -0.496 e. The number of methoxy groups -OCH3 is 1. The highest BCUT2D eigenvalue weighted by Crippen LogP contribution is 2.48. The Kier molecular flexibility index (Phi) is 6.18. The normalized spacial score (nSPS) is 27.0. The highest BCUT2D eigenvalue weighted by atomic mass is 16.5. The molecule has 2 fully saturated rings. The van der Waals surface area contributed by atoms with Gasteiger partial charge >= 0.3 is 0 Å². The number of hydrogen-bond acceptors (Lipinski definition) is 5. The van der Waals surface area contributed by atoms with Crippen molar-refractivity contribution in [1.82, 2.24) is 9.88 Å². The van der Waals surface area contributed by atoms with E-state index in [0.717, 1.165) is 49.5 Å². The summed E-state index contributed by atoms with van der Waals surface area (Å²) in [5.74, 6) is 1.33. The molecule has 0 spiro atoms. The highest BCUT2D eigenvalue weighted by molar-refractivity contribution is 5.37. The van der Waals surface area contributed by atoms with Crippen molar-refractivity contribution in [2.75, 3.05) is 26.8 Å². The number of likely N-dealkylation sites (tertiary alicyclic amines) is 1. The van der Waals surface area contributed by atoms with Crippen LogP contribution in [0.3, 0.4) is 0 Å². The third kappa shape index (κ3) is 4.04. The summed E-state index contributed by atoms with van der Waals surface area (Å²) in [5, 5.41) is 11.7. The minimum absolute atomic E-state index is 0.228. The van der Waals surface area contributed by atoms with Crippen molar-refractivity contribution in [3.8, 4) is 5.75 Å². The molecule has 1 saturated carbocycles. The molecule has 1 aliphatic heterocycles. The number of rotatable bonds is 7. The van der Waals surface area contributed by atoms with Crippen LogP contribution in [-0.2, 0) is 23.5 Å². The maximum absolute atomic E-state index is 11.7. The number of ether oxygens (including phenoxy) is 2. The van der Waals surface area contributed by atoms with Gasteiger partial charge in [-0.1, -0.05) is 18.6 Å². The van der Waals surface area contributed by atoms with Gasteiger partial charge in [-0.05, 0) is 49.6 Å². The van der Waals surface area contributed by atoms with Crippen LogP contribution in [-0.4, -0.2) is 41.8 Å². The molecule has 29 heavy (non-hydrogen) atoms. The Morgan fingerprint density at radius 3 is 2.62 bits per heavy atom. The number of aromatic nitrogens is 1. The standard InChI is InChI=1S/C24H32N2O3/c1-3-29-17-19-13-18(10-11-22(19)28-2)14-26-15-20-7-6-8-21(16-26)24(20,27)23-9-4-5-12-25-23/h4-5,9-13,20-21,27H,3,6-8,14-17H2,1-2H3/t20-,21+,24?. The van der Waals surface area contributed by atoms with Gasteiger partial charge in [0.25, 0.3) is 0 Å². The van der Waals surface area contributed by atoms with Gasteiger partial charge in [0, 0.05) is 49.8 Å². The Hall–Kier alpha value is -1.95. The van der Waals surface area contributed by atoms with Gasteiger partial charge in [-0.3, -0.25) is 9.88 Å². The molecule has 1 saturated heterocycles. The van der Waals surface area contributed by atoms with E-state index in [2.05, 4.69) is 22.0 Å². The van der Waals surface area contributed by atoms with E-state index in [4.69, 9.17) is 9.47 Å². The van der Waals surface area contributed by atoms with E-state index in [1.54, 1.807) is 13.3 Å². The molecule has 2 aliphatic rings. The van der Waals surface area contributed by atoms with Crippen LogP contribution in [0.4, 0.5) is 0 Å². The Morgan fingerprint density at radius 1 is 1.17 bits per heavy atom. The summed E-state index contributed by atoms with van der Waals surface area (Å²) in [7, 11) is 1.70. The minimum atomic E-state index is -0.796. The smallest absolute Gasteiger partial charge is 0.124 e. The molecule has 2 heterocycles. The van der Waals surface area contributed by atoms with E-state index in [1.165, 1.54) is 12.0 Å². The number of fused-ring (bicyclic) bond motifs is 2. The quantitative estimate of drug-likeness (QED) is 0.773. The number of aliphatic hydroxyl groups is 1. The first-order chi connectivity index (χ1) is 14.1. The van der Waals surface area contributed by atoms with E-state index < -0.39 is 5.60 Å². The molecule has 1 unspecified atom stereocenters. The van der Waals surface area contributed by atoms with Crippen LogP contribution in [0.2, 0.25) is 0 Å². The lowest BCUT2D eigenvalue weighted by molar-refractivity contribution is -0.151. The van der Waals surface area contributed by atoms with Crippen molar-refractivity contribution in [2.45, 2.75) is 44.9 Å². The first-order valence-corrected chi connectivity index (χ1v) is 10.7. The fraction of sp³-hybridized carbons (Fsp3) is 0.542. The summed E-state index contributed by atoms with van der Waals surface area (Å²) >= 11 is 0. The Balaban J connectivity index is 1.51. The van der Waals surface area contributed by atoms with E-state index in [0.29, 0.717) is 13.2 Å². The summed E-state index contributed by atoms with van der Waals surface area (Å²) in [6.45, 7) is 5.94. The molecule has 0 amide bonds. The van der Waals surface area contributed by atoms with Gasteiger partial charge in [-0.15, -0.1) is 0 Å². The zero-order chi connectivity index (χ0) is 20.3. The number of piperidine rings is 1. The second-order valence-electron chi connectivity index (χ2n) is 8.34. The van der Waals surface area contributed by atoms with E-state index in [-0.39, 0.29) is 11.8 Å². The predicted octanol–water partition coefficient (Wildman–Crippen LogP) is 3.75. The topological polar surface area (TPSA) is 54.8 Å². The maximum Gasteiger partial charge on any atom is 0.124 e. The molecule has 156 valence electrons. The lowest BCUT2D eigenvalue weighted by Crippen LogP contribution is -2.58. The van der Waals surface area contributed by atoms with Crippen molar-refractivity contribution >= 4 is 0 Å². The van der Waals surface area contributed by atoms with Crippen molar-refractivity contribution < 1.29 is 14.6 Å². The largest absolute Gasteiger partial charge is 0.496 e. The SMILES string of the molecule is CCOCc1cc(CN2C[C@H]3CCC[C@@H](C2)C3(O)c2ccccn2)ccc1OC. The van der Waals surface area contributed by atoms with E-state index >= 15 is 0 Å². The number of nitrogens with zero attached hydrogens (tertiary/aromatic N) is 2. The first kappa shape index (κ1) is 20.3. The summed E-state index contributed by atoms with van der Waals surface area (Å²) in [5.41, 5.74) is 2.41. The fourth-order valence-corrected chi connectivity index (χ4v) is 5.20. The third-order valence-corrected chi connectivity index (χ3v) is 6.60. The molecular formula is C24H32N2O3. The van der Waals surface area contributed by atoms with Crippen LogP contribution in [0.25, 0.3) is 0 Å². The maximum atomic E-state index is 11.7. The summed E-state index contributed by atoms with van der Waals surface area (Å²) in [6.07, 6.45) is 5.10. The Bertz CT molecular complexity index is 797. The van der Waals surface area contributed by atoms with Gasteiger partial charge in [-0.2, -0.15) is 0 Å². The van der Waals surface area contributed by atoms with Crippen LogP contribution in [0.15, 0.2) is 42.6 Å². The zero-order valence-electron chi connectivity index (χ0n) is 17.5. The van der Waals surface area contributed by atoms with Gasteiger partial charge < -0.3 is 14.6 Å². The number of benzene rings is 1. The van der Waals surface area contributed by atoms with Crippen molar-refractivity contribution in [2.24, 2.45) is 11.8 Å². The number of hydrogen-bond donors (Lipinski definition) is 1. The fourth-order valence-electron chi connectivity index (χ4n) is 5.20. The van der Waals surface area contributed by atoms with Crippen molar-refractivity contribution in [3.63, 3.8) is 0 Å². The van der Waals surface area contributed by atoms with Gasteiger partial charge in [0.1, 0.15) is 11.4 Å². The molecule has 2 aromatic rings. The Morgan fingerprint density at radius 2 is 1.97 bits per heavy atom. The molecule has 0 radical (unpaired) electrons. The number of pyridine rings is 1. The molecule has 1 aromatic heterocycles. The third-order valence-electron chi connectivity index (χ3n) is 6.60. The molecule has 1 N–H and O–H groups in total. The van der Waals surface area contributed by atoms with Gasteiger partial charge in [0.15, 0.2) is 0 Å². The lowest BCUT2D eigenvalue weighted by atomic mass is 9.64.